The van der Waals surface area contributed by atoms with Gasteiger partial charge in [-0.3, -0.25) is 4.79 Å². The van der Waals surface area contributed by atoms with E-state index in [4.69, 9.17) is 13.7 Å². The second-order valence-electron chi connectivity index (χ2n) is 8.99. The molecule has 0 unspecified atom stereocenters. The Morgan fingerprint density at radius 1 is 0.795 bits per heavy atom. The monoisotopic (exact) mass is 545 g/mol. The number of benzene rings is 4. The SMILES string of the molecule is COc1ccc(CCNC(=O)Cc2ccccc2OS(=O)(=O)c2ccc(C)cc2)cc1OCc1ccccc1. The van der Waals surface area contributed by atoms with Crippen LogP contribution in [0.15, 0.2) is 102 Å². The number of para-hydroxylation sites is 1. The van der Waals surface area contributed by atoms with E-state index in [0.717, 1.165) is 16.7 Å². The molecule has 7 nitrogen and oxygen atoms in total. The average molecular weight is 546 g/mol. The summed E-state index contributed by atoms with van der Waals surface area (Å²) < 4.78 is 42.3. The third-order valence-corrected chi connectivity index (χ3v) is 7.28. The highest BCUT2D eigenvalue weighted by molar-refractivity contribution is 7.87. The summed E-state index contributed by atoms with van der Waals surface area (Å²) >= 11 is 0. The molecule has 0 bridgehead atoms. The summed E-state index contributed by atoms with van der Waals surface area (Å²) in [6.07, 6.45) is 0.561. The first-order chi connectivity index (χ1) is 18.8. The summed E-state index contributed by atoms with van der Waals surface area (Å²) in [6.45, 7) is 2.69. The predicted molar refractivity (Wildman–Crippen MR) is 150 cm³/mol. The number of methoxy groups -OCH3 is 1. The summed E-state index contributed by atoms with van der Waals surface area (Å²) in [5, 5.41) is 2.90. The van der Waals surface area contributed by atoms with Crippen molar-refractivity contribution in [2.24, 2.45) is 0 Å². The largest absolute Gasteiger partial charge is 0.493 e. The molecule has 0 fully saturated rings. The van der Waals surface area contributed by atoms with Crippen molar-refractivity contribution in [3.05, 3.63) is 119 Å². The minimum Gasteiger partial charge on any atom is -0.493 e. The van der Waals surface area contributed by atoms with Gasteiger partial charge in [0.2, 0.25) is 5.91 Å². The highest BCUT2D eigenvalue weighted by atomic mass is 32.2. The lowest BCUT2D eigenvalue weighted by Crippen LogP contribution is -2.27. The Morgan fingerprint density at radius 3 is 2.26 bits per heavy atom. The van der Waals surface area contributed by atoms with E-state index in [2.05, 4.69) is 5.32 Å². The van der Waals surface area contributed by atoms with Crippen molar-refractivity contribution in [1.29, 1.82) is 0 Å². The zero-order valence-electron chi connectivity index (χ0n) is 21.9. The summed E-state index contributed by atoms with van der Waals surface area (Å²) in [7, 11) is -2.43. The lowest BCUT2D eigenvalue weighted by Gasteiger charge is -2.13. The zero-order chi connectivity index (χ0) is 27.7. The van der Waals surface area contributed by atoms with Crippen LogP contribution in [-0.4, -0.2) is 28.0 Å². The summed E-state index contributed by atoms with van der Waals surface area (Å²) in [6, 6.07) is 28.6. The van der Waals surface area contributed by atoms with Crippen molar-refractivity contribution in [3.63, 3.8) is 0 Å². The van der Waals surface area contributed by atoms with Crippen molar-refractivity contribution in [2.45, 2.75) is 31.3 Å². The maximum absolute atomic E-state index is 12.7. The molecule has 0 saturated carbocycles. The molecule has 1 N–H and O–H groups in total. The number of carbonyl (C=O) groups excluding carboxylic acids is 1. The molecule has 0 aromatic heterocycles. The van der Waals surface area contributed by atoms with Gasteiger partial charge in [0, 0.05) is 12.1 Å². The van der Waals surface area contributed by atoms with Crippen LogP contribution < -0.4 is 19.0 Å². The number of hydrogen-bond donors (Lipinski definition) is 1. The van der Waals surface area contributed by atoms with Gasteiger partial charge < -0.3 is 19.0 Å². The van der Waals surface area contributed by atoms with Crippen LogP contribution in [0.2, 0.25) is 0 Å². The van der Waals surface area contributed by atoms with Crippen LogP contribution in [0.5, 0.6) is 17.2 Å². The number of carbonyl (C=O) groups is 1. The van der Waals surface area contributed by atoms with Gasteiger partial charge in [-0.1, -0.05) is 72.3 Å². The quantitative estimate of drug-likeness (QED) is 0.245. The Labute approximate surface area is 229 Å². The van der Waals surface area contributed by atoms with Gasteiger partial charge in [0.05, 0.1) is 13.5 Å². The van der Waals surface area contributed by atoms with E-state index >= 15 is 0 Å². The van der Waals surface area contributed by atoms with Gasteiger partial charge in [-0.25, -0.2) is 0 Å². The molecule has 202 valence electrons. The first-order valence-corrected chi connectivity index (χ1v) is 13.9. The fourth-order valence-electron chi connectivity index (χ4n) is 3.91. The van der Waals surface area contributed by atoms with Crippen LogP contribution in [0, 0.1) is 6.92 Å². The minimum absolute atomic E-state index is 0.0202. The molecule has 0 spiro atoms. The molecule has 0 aliphatic heterocycles. The van der Waals surface area contributed by atoms with E-state index in [9.17, 15) is 13.2 Å². The molecule has 0 radical (unpaired) electrons. The zero-order valence-corrected chi connectivity index (χ0v) is 22.7. The lowest BCUT2D eigenvalue weighted by atomic mass is 10.1. The number of hydrogen-bond acceptors (Lipinski definition) is 6. The number of ether oxygens (including phenoxy) is 2. The van der Waals surface area contributed by atoms with Crippen LogP contribution in [0.4, 0.5) is 0 Å². The van der Waals surface area contributed by atoms with Gasteiger partial charge in [-0.05, 0) is 54.8 Å². The normalized spacial score (nSPS) is 11.0. The van der Waals surface area contributed by atoms with Gasteiger partial charge in [0.25, 0.3) is 0 Å². The topological polar surface area (TPSA) is 90.9 Å². The van der Waals surface area contributed by atoms with E-state index in [1.54, 1.807) is 43.5 Å². The Kier molecular flexibility index (Phi) is 9.22. The van der Waals surface area contributed by atoms with Crippen molar-refractivity contribution in [2.75, 3.05) is 13.7 Å². The molecule has 0 heterocycles. The van der Waals surface area contributed by atoms with Crippen LogP contribution in [0.25, 0.3) is 0 Å². The van der Waals surface area contributed by atoms with E-state index in [0.29, 0.717) is 36.6 Å². The number of amides is 1. The van der Waals surface area contributed by atoms with Gasteiger partial charge in [0.15, 0.2) is 11.5 Å². The second-order valence-corrected chi connectivity index (χ2v) is 10.5. The van der Waals surface area contributed by atoms with Gasteiger partial charge >= 0.3 is 10.1 Å². The maximum Gasteiger partial charge on any atom is 0.339 e. The molecule has 39 heavy (non-hydrogen) atoms. The molecule has 4 aromatic carbocycles. The smallest absolute Gasteiger partial charge is 0.339 e. The lowest BCUT2D eigenvalue weighted by molar-refractivity contribution is -0.120. The molecular formula is C31H31NO6S. The fourth-order valence-corrected chi connectivity index (χ4v) is 4.87. The third kappa shape index (κ3) is 7.85. The molecule has 0 aliphatic rings. The van der Waals surface area contributed by atoms with Crippen LogP contribution >= 0.6 is 0 Å². The predicted octanol–water partition coefficient (Wildman–Crippen LogP) is 5.25. The Hall–Kier alpha value is -4.30. The van der Waals surface area contributed by atoms with Crippen LogP contribution in [-0.2, 0) is 34.4 Å². The maximum atomic E-state index is 12.7. The minimum atomic E-state index is -4.03. The first-order valence-electron chi connectivity index (χ1n) is 12.5. The van der Waals surface area contributed by atoms with E-state index in [1.807, 2.05) is 55.5 Å². The summed E-state index contributed by atoms with van der Waals surface area (Å²) in [5.41, 5.74) is 3.45. The molecule has 0 aliphatic carbocycles. The molecule has 0 atom stereocenters. The Morgan fingerprint density at radius 2 is 1.51 bits per heavy atom. The molecule has 0 saturated heterocycles. The summed E-state index contributed by atoms with van der Waals surface area (Å²) in [4.78, 5) is 12.7. The van der Waals surface area contributed by atoms with Crippen LogP contribution in [0.3, 0.4) is 0 Å². The Balaban J connectivity index is 1.34. The van der Waals surface area contributed by atoms with E-state index in [1.165, 1.54) is 12.1 Å². The Bertz CT molecular complexity index is 1500. The van der Waals surface area contributed by atoms with Gasteiger partial charge in [-0.15, -0.1) is 0 Å². The molecule has 4 aromatic rings. The average Bonchev–Trinajstić information content (AvgIpc) is 2.94. The molecule has 1 amide bonds. The van der Waals surface area contributed by atoms with Crippen LogP contribution in [0.1, 0.15) is 22.3 Å². The molecule has 8 heteroatoms. The van der Waals surface area contributed by atoms with Gasteiger partial charge in [0.1, 0.15) is 17.3 Å². The molecular weight excluding hydrogens is 514 g/mol. The van der Waals surface area contributed by atoms with Crippen molar-refractivity contribution >= 4 is 16.0 Å². The number of nitrogens with one attached hydrogen (secondary N) is 1. The number of rotatable bonds is 12. The van der Waals surface area contributed by atoms with E-state index in [-0.39, 0.29) is 23.0 Å². The molecule has 4 rings (SSSR count). The standard InChI is InChI=1S/C31H31NO6S/c1-23-12-15-27(16-13-23)39(34,35)38-28-11-7-6-10-26(28)21-31(33)32-19-18-24-14-17-29(36-2)30(20-24)37-22-25-8-4-3-5-9-25/h3-17,20H,18-19,21-22H2,1-2H3,(H,32,33). The fraction of sp³-hybridized carbons (Fsp3) is 0.194. The second kappa shape index (κ2) is 13.0. The van der Waals surface area contributed by atoms with Crippen molar-refractivity contribution < 1.29 is 26.9 Å². The van der Waals surface area contributed by atoms with Gasteiger partial charge in [-0.2, -0.15) is 8.42 Å². The highest BCUT2D eigenvalue weighted by Crippen LogP contribution is 2.29. The number of aryl methyl sites for hydroxylation is 1. The highest BCUT2D eigenvalue weighted by Gasteiger charge is 2.19. The summed E-state index contributed by atoms with van der Waals surface area (Å²) in [5.74, 6) is 1.15. The van der Waals surface area contributed by atoms with E-state index < -0.39 is 10.1 Å². The van der Waals surface area contributed by atoms with Crippen molar-refractivity contribution in [3.8, 4) is 17.2 Å². The van der Waals surface area contributed by atoms with Crippen molar-refractivity contribution in [1.82, 2.24) is 5.32 Å². The first kappa shape index (κ1) is 27.7. The third-order valence-electron chi connectivity index (χ3n) is 6.03.